The van der Waals surface area contributed by atoms with Crippen LogP contribution in [-0.4, -0.2) is 21.4 Å². The maximum absolute atomic E-state index is 12.3. The Bertz CT molecular complexity index is 779. The zero-order chi connectivity index (χ0) is 15.6. The van der Waals surface area contributed by atoms with Crippen molar-refractivity contribution in [1.82, 2.24) is 5.32 Å². The first-order chi connectivity index (χ1) is 9.83. The van der Waals surface area contributed by atoms with Crippen molar-refractivity contribution in [3.63, 3.8) is 0 Å². The molecule has 0 bridgehead atoms. The van der Waals surface area contributed by atoms with Crippen molar-refractivity contribution in [2.75, 3.05) is 11.8 Å². The van der Waals surface area contributed by atoms with E-state index in [2.05, 4.69) is 10.0 Å². The van der Waals surface area contributed by atoms with Crippen LogP contribution >= 0.6 is 11.3 Å². The molecule has 0 aliphatic rings. The molecule has 1 aromatic heterocycles. The van der Waals surface area contributed by atoms with Crippen LogP contribution in [0.25, 0.3) is 0 Å². The van der Waals surface area contributed by atoms with Crippen LogP contribution in [0.1, 0.15) is 20.8 Å². The van der Waals surface area contributed by atoms with Gasteiger partial charge in [0.05, 0.1) is 9.77 Å². The Morgan fingerprint density at radius 2 is 1.86 bits per heavy atom. The molecule has 2 N–H and O–H groups in total. The molecule has 2 rings (SSSR count). The standard InChI is InChI=1S/C14H16N2O3S2/c1-9-4-5-11(6-10(9)2)16-21(18,19)12-7-13(20-8-12)14(17)15-3/h4-8,16H,1-3H3,(H,15,17). The lowest BCUT2D eigenvalue weighted by molar-refractivity contribution is 0.0967. The van der Waals surface area contributed by atoms with Crippen molar-refractivity contribution < 1.29 is 13.2 Å². The number of sulfonamides is 1. The summed E-state index contributed by atoms with van der Waals surface area (Å²) in [6.45, 7) is 3.88. The van der Waals surface area contributed by atoms with Gasteiger partial charge in [0.2, 0.25) is 0 Å². The largest absolute Gasteiger partial charge is 0.354 e. The van der Waals surface area contributed by atoms with Crippen LogP contribution in [0.3, 0.4) is 0 Å². The van der Waals surface area contributed by atoms with Crippen molar-refractivity contribution >= 4 is 33.0 Å². The fourth-order valence-corrected chi connectivity index (χ4v) is 3.99. The van der Waals surface area contributed by atoms with E-state index in [1.54, 1.807) is 12.1 Å². The lowest BCUT2D eigenvalue weighted by Crippen LogP contribution is -2.16. The van der Waals surface area contributed by atoms with E-state index in [0.717, 1.165) is 22.5 Å². The second-order valence-electron chi connectivity index (χ2n) is 4.63. The van der Waals surface area contributed by atoms with Gasteiger partial charge in [-0.05, 0) is 43.2 Å². The van der Waals surface area contributed by atoms with Gasteiger partial charge in [-0.3, -0.25) is 9.52 Å². The Labute approximate surface area is 128 Å². The maximum Gasteiger partial charge on any atom is 0.262 e. The summed E-state index contributed by atoms with van der Waals surface area (Å²) < 4.78 is 27.1. The molecule has 0 fully saturated rings. The Kier molecular flexibility index (Phi) is 4.34. The first kappa shape index (κ1) is 15.5. The minimum atomic E-state index is -3.68. The van der Waals surface area contributed by atoms with Gasteiger partial charge < -0.3 is 5.32 Å². The number of carbonyl (C=O) groups excluding carboxylic acids is 1. The fraction of sp³-hybridized carbons (Fsp3) is 0.214. The molecule has 1 amide bonds. The van der Waals surface area contributed by atoms with Crippen molar-refractivity contribution in [2.45, 2.75) is 18.7 Å². The molecule has 0 aliphatic heterocycles. The summed E-state index contributed by atoms with van der Waals surface area (Å²) in [6, 6.07) is 6.72. The molecular formula is C14H16N2O3S2. The molecule has 0 aliphatic carbocycles. The molecule has 2 aromatic rings. The zero-order valence-electron chi connectivity index (χ0n) is 11.9. The number of rotatable bonds is 4. The van der Waals surface area contributed by atoms with E-state index in [1.807, 2.05) is 19.9 Å². The summed E-state index contributed by atoms with van der Waals surface area (Å²) in [5.74, 6) is -0.298. The highest BCUT2D eigenvalue weighted by atomic mass is 32.2. The molecule has 0 saturated heterocycles. The quantitative estimate of drug-likeness (QED) is 0.907. The van der Waals surface area contributed by atoms with E-state index in [4.69, 9.17) is 0 Å². The third kappa shape index (κ3) is 3.43. The summed E-state index contributed by atoms with van der Waals surface area (Å²) in [5, 5.41) is 3.92. The van der Waals surface area contributed by atoms with Crippen LogP contribution in [0.5, 0.6) is 0 Å². The van der Waals surface area contributed by atoms with E-state index < -0.39 is 10.0 Å². The van der Waals surface area contributed by atoms with E-state index in [0.29, 0.717) is 10.6 Å². The predicted octanol–water partition coefficient (Wildman–Crippen LogP) is 2.53. The number of aryl methyl sites for hydroxylation is 2. The topological polar surface area (TPSA) is 75.3 Å². The number of carbonyl (C=O) groups is 1. The van der Waals surface area contributed by atoms with Gasteiger partial charge in [-0.15, -0.1) is 11.3 Å². The van der Waals surface area contributed by atoms with Gasteiger partial charge in [0.1, 0.15) is 0 Å². The maximum atomic E-state index is 12.3. The molecule has 0 saturated carbocycles. The van der Waals surface area contributed by atoms with Crippen LogP contribution < -0.4 is 10.0 Å². The number of hydrogen-bond donors (Lipinski definition) is 2. The number of thiophene rings is 1. The predicted molar refractivity (Wildman–Crippen MR) is 84.4 cm³/mol. The minimum absolute atomic E-state index is 0.0873. The third-order valence-electron chi connectivity index (χ3n) is 3.10. The SMILES string of the molecule is CNC(=O)c1cc(S(=O)(=O)Nc2ccc(C)c(C)c2)cs1. The van der Waals surface area contributed by atoms with Crippen LogP contribution in [0.4, 0.5) is 5.69 Å². The van der Waals surface area contributed by atoms with E-state index >= 15 is 0 Å². The average Bonchev–Trinajstić information content (AvgIpc) is 2.92. The van der Waals surface area contributed by atoms with Gasteiger partial charge in [-0.25, -0.2) is 8.42 Å². The summed E-state index contributed by atoms with van der Waals surface area (Å²) in [6.07, 6.45) is 0. The Morgan fingerprint density at radius 1 is 1.14 bits per heavy atom. The highest BCUT2D eigenvalue weighted by Gasteiger charge is 2.18. The Balaban J connectivity index is 2.27. The van der Waals surface area contributed by atoms with Gasteiger partial charge in [0.15, 0.2) is 0 Å². The second-order valence-corrected chi connectivity index (χ2v) is 7.22. The number of amides is 1. The van der Waals surface area contributed by atoms with E-state index in [9.17, 15) is 13.2 Å². The van der Waals surface area contributed by atoms with Crippen LogP contribution in [-0.2, 0) is 10.0 Å². The molecule has 112 valence electrons. The lowest BCUT2D eigenvalue weighted by atomic mass is 10.1. The lowest BCUT2D eigenvalue weighted by Gasteiger charge is -2.08. The Morgan fingerprint density at radius 3 is 2.48 bits per heavy atom. The molecule has 0 atom stereocenters. The summed E-state index contributed by atoms with van der Waals surface area (Å²) in [4.78, 5) is 11.9. The highest BCUT2D eigenvalue weighted by Crippen LogP contribution is 2.23. The highest BCUT2D eigenvalue weighted by molar-refractivity contribution is 7.92. The van der Waals surface area contributed by atoms with E-state index in [1.165, 1.54) is 18.5 Å². The first-order valence-corrected chi connectivity index (χ1v) is 8.60. The number of anilines is 1. The first-order valence-electron chi connectivity index (χ1n) is 6.24. The van der Waals surface area contributed by atoms with Gasteiger partial charge in [0.25, 0.3) is 15.9 Å². The summed E-state index contributed by atoms with van der Waals surface area (Å²) in [7, 11) is -2.18. The minimum Gasteiger partial charge on any atom is -0.354 e. The fourth-order valence-electron chi connectivity index (χ4n) is 1.72. The van der Waals surface area contributed by atoms with Crippen molar-refractivity contribution in [3.8, 4) is 0 Å². The smallest absolute Gasteiger partial charge is 0.262 e. The number of nitrogens with one attached hydrogen (secondary N) is 2. The second kappa shape index (κ2) is 5.87. The summed E-state index contributed by atoms with van der Waals surface area (Å²) >= 11 is 1.09. The van der Waals surface area contributed by atoms with Gasteiger partial charge >= 0.3 is 0 Å². The van der Waals surface area contributed by atoms with Crippen LogP contribution in [0.15, 0.2) is 34.5 Å². The van der Waals surface area contributed by atoms with Crippen LogP contribution in [0, 0.1) is 13.8 Å². The zero-order valence-corrected chi connectivity index (χ0v) is 13.6. The molecule has 21 heavy (non-hydrogen) atoms. The normalized spacial score (nSPS) is 11.2. The molecule has 7 heteroatoms. The molecule has 0 spiro atoms. The third-order valence-corrected chi connectivity index (χ3v) is 5.53. The molecule has 1 heterocycles. The molecule has 0 radical (unpaired) electrons. The Hall–Kier alpha value is -1.86. The summed E-state index contributed by atoms with van der Waals surface area (Å²) in [5.41, 5.74) is 2.60. The van der Waals surface area contributed by atoms with E-state index in [-0.39, 0.29) is 10.8 Å². The van der Waals surface area contributed by atoms with Crippen molar-refractivity contribution in [1.29, 1.82) is 0 Å². The van der Waals surface area contributed by atoms with Gasteiger partial charge in [-0.2, -0.15) is 0 Å². The molecular weight excluding hydrogens is 308 g/mol. The monoisotopic (exact) mass is 324 g/mol. The average molecular weight is 324 g/mol. The van der Waals surface area contributed by atoms with Crippen molar-refractivity contribution in [2.24, 2.45) is 0 Å². The van der Waals surface area contributed by atoms with Gasteiger partial charge in [0, 0.05) is 18.1 Å². The molecule has 0 unspecified atom stereocenters. The number of hydrogen-bond acceptors (Lipinski definition) is 4. The van der Waals surface area contributed by atoms with Crippen molar-refractivity contribution in [3.05, 3.63) is 45.6 Å². The number of benzene rings is 1. The molecule has 1 aromatic carbocycles. The van der Waals surface area contributed by atoms with Gasteiger partial charge in [-0.1, -0.05) is 6.07 Å². The van der Waals surface area contributed by atoms with Crippen LogP contribution in [0.2, 0.25) is 0 Å². The molecule has 5 nitrogen and oxygen atoms in total.